The summed E-state index contributed by atoms with van der Waals surface area (Å²) in [5.74, 6) is 0. The zero-order chi connectivity index (χ0) is 13.1. The van der Waals surface area contributed by atoms with Gasteiger partial charge in [-0.1, -0.05) is 6.07 Å². The Morgan fingerprint density at radius 2 is 2.22 bits per heavy atom. The molecule has 0 saturated carbocycles. The Bertz CT molecular complexity index is 406. The first-order valence-electron chi connectivity index (χ1n) is 6.46. The van der Waals surface area contributed by atoms with Crippen LogP contribution in [0.2, 0.25) is 0 Å². The highest BCUT2D eigenvalue weighted by Gasteiger charge is 2.25. The number of nitrogens with one attached hydrogen (secondary N) is 1. The van der Waals surface area contributed by atoms with E-state index in [0.29, 0.717) is 6.04 Å². The van der Waals surface area contributed by atoms with Crippen molar-refractivity contribution in [2.75, 3.05) is 39.1 Å². The van der Waals surface area contributed by atoms with Crippen LogP contribution in [0.25, 0.3) is 0 Å². The monoisotopic (exact) mass is 311 g/mol. The van der Waals surface area contributed by atoms with Crippen LogP contribution in [0, 0.1) is 0 Å². The Kier molecular flexibility index (Phi) is 4.65. The molecule has 1 aliphatic heterocycles. The fraction of sp³-hybridized carbons (Fsp3) is 0.571. The summed E-state index contributed by atoms with van der Waals surface area (Å²) in [5, 5.41) is 3.18. The molecule has 1 unspecified atom stereocenters. The topological polar surface area (TPSA) is 18.5 Å². The molecular formula is C14H22BrN3. The summed E-state index contributed by atoms with van der Waals surface area (Å²) in [6.45, 7) is 3.18. The average molecular weight is 312 g/mol. The summed E-state index contributed by atoms with van der Waals surface area (Å²) < 4.78 is 1.20. The molecule has 4 heteroatoms. The van der Waals surface area contributed by atoms with E-state index >= 15 is 0 Å². The van der Waals surface area contributed by atoms with Gasteiger partial charge in [0.2, 0.25) is 0 Å². The molecule has 1 aromatic carbocycles. The Morgan fingerprint density at radius 1 is 1.44 bits per heavy atom. The van der Waals surface area contributed by atoms with Crippen LogP contribution in [0.1, 0.15) is 12.0 Å². The Labute approximate surface area is 118 Å². The zero-order valence-corrected chi connectivity index (χ0v) is 13.0. The number of nitrogens with zero attached hydrogens (tertiary/aromatic N) is 2. The molecule has 0 amide bonds. The second-order valence-electron chi connectivity index (χ2n) is 5.17. The van der Waals surface area contributed by atoms with Crippen molar-refractivity contribution in [2.24, 2.45) is 0 Å². The molecule has 18 heavy (non-hydrogen) atoms. The number of rotatable bonds is 4. The quantitative estimate of drug-likeness (QED) is 0.920. The molecule has 0 radical (unpaired) electrons. The average Bonchev–Trinajstić information content (AvgIpc) is 2.79. The van der Waals surface area contributed by atoms with Gasteiger partial charge in [0.25, 0.3) is 0 Å². The highest BCUT2D eigenvalue weighted by molar-refractivity contribution is 9.10. The molecule has 100 valence electrons. The lowest BCUT2D eigenvalue weighted by Gasteiger charge is -2.23. The van der Waals surface area contributed by atoms with Gasteiger partial charge in [-0.3, -0.25) is 0 Å². The Morgan fingerprint density at radius 3 is 2.78 bits per heavy atom. The maximum atomic E-state index is 3.70. The molecule has 1 heterocycles. The van der Waals surface area contributed by atoms with E-state index in [2.05, 4.69) is 63.3 Å². The molecule has 2 rings (SSSR count). The summed E-state index contributed by atoms with van der Waals surface area (Å²) in [4.78, 5) is 4.79. The normalized spacial score (nSPS) is 19.8. The highest BCUT2D eigenvalue weighted by atomic mass is 79.9. The molecule has 1 N–H and O–H groups in total. The van der Waals surface area contributed by atoms with Crippen LogP contribution in [-0.4, -0.2) is 45.2 Å². The van der Waals surface area contributed by atoms with Crippen LogP contribution < -0.4 is 10.2 Å². The highest BCUT2D eigenvalue weighted by Crippen LogP contribution is 2.30. The van der Waals surface area contributed by atoms with E-state index in [9.17, 15) is 0 Å². The van der Waals surface area contributed by atoms with Gasteiger partial charge in [0.1, 0.15) is 0 Å². The molecule has 0 spiro atoms. The molecule has 0 aliphatic carbocycles. The van der Waals surface area contributed by atoms with Crippen molar-refractivity contribution in [1.82, 2.24) is 10.2 Å². The van der Waals surface area contributed by atoms with E-state index in [1.165, 1.54) is 22.1 Å². The summed E-state index contributed by atoms with van der Waals surface area (Å²) in [5.41, 5.74) is 2.63. The lowest BCUT2D eigenvalue weighted by atomic mass is 10.2. The maximum absolute atomic E-state index is 3.70. The van der Waals surface area contributed by atoms with Gasteiger partial charge in [-0.05, 0) is 61.2 Å². The summed E-state index contributed by atoms with van der Waals surface area (Å²) in [7, 11) is 6.31. The number of likely N-dealkylation sites (N-methyl/N-ethyl adjacent to an activating group) is 1. The van der Waals surface area contributed by atoms with Crippen molar-refractivity contribution < 1.29 is 0 Å². The third-order valence-electron chi connectivity index (χ3n) is 3.63. The SMILES string of the molecule is CNCc1ccc(N2CCC(N(C)C)C2)c(Br)c1. The van der Waals surface area contributed by atoms with Gasteiger partial charge >= 0.3 is 0 Å². The second-order valence-corrected chi connectivity index (χ2v) is 6.02. The van der Waals surface area contributed by atoms with Gasteiger partial charge in [0, 0.05) is 30.1 Å². The van der Waals surface area contributed by atoms with E-state index in [4.69, 9.17) is 0 Å². The van der Waals surface area contributed by atoms with Gasteiger partial charge in [-0.25, -0.2) is 0 Å². The minimum Gasteiger partial charge on any atom is -0.369 e. The van der Waals surface area contributed by atoms with E-state index in [0.717, 1.165) is 19.6 Å². The molecule has 3 nitrogen and oxygen atoms in total. The van der Waals surface area contributed by atoms with Crippen LogP contribution in [0.3, 0.4) is 0 Å². The zero-order valence-electron chi connectivity index (χ0n) is 11.4. The van der Waals surface area contributed by atoms with Crippen LogP contribution in [0.5, 0.6) is 0 Å². The number of anilines is 1. The largest absolute Gasteiger partial charge is 0.369 e. The van der Waals surface area contributed by atoms with Crippen molar-refractivity contribution in [3.05, 3.63) is 28.2 Å². The van der Waals surface area contributed by atoms with Gasteiger partial charge in [0.15, 0.2) is 0 Å². The lowest BCUT2D eigenvalue weighted by Crippen LogP contribution is -2.31. The minimum absolute atomic E-state index is 0.675. The first-order valence-corrected chi connectivity index (χ1v) is 7.25. The van der Waals surface area contributed by atoms with Crippen LogP contribution in [-0.2, 0) is 6.54 Å². The summed E-state index contributed by atoms with van der Waals surface area (Å²) in [6, 6.07) is 7.33. The molecule has 1 saturated heterocycles. The standard InChI is InChI=1S/C14H22BrN3/c1-16-9-11-4-5-14(13(15)8-11)18-7-6-12(10-18)17(2)3/h4-5,8,12,16H,6-7,9-10H2,1-3H3. The van der Waals surface area contributed by atoms with E-state index in [1.807, 2.05) is 7.05 Å². The Hall–Kier alpha value is -0.580. The maximum Gasteiger partial charge on any atom is 0.0511 e. The lowest BCUT2D eigenvalue weighted by molar-refractivity contribution is 0.315. The fourth-order valence-corrected chi connectivity index (χ4v) is 3.18. The third-order valence-corrected chi connectivity index (χ3v) is 4.26. The van der Waals surface area contributed by atoms with Crippen LogP contribution >= 0.6 is 15.9 Å². The smallest absolute Gasteiger partial charge is 0.0511 e. The number of benzene rings is 1. The molecule has 0 bridgehead atoms. The van der Waals surface area contributed by atoms with E-state index in [1.54, 1.807) is 0 Å². The van der Waals surface area contributed by atoms with Crippen LogP contribution in [0.4, 0.5) is 5.69 Å². The molecule has 1 atom stereocenters. The summed E-state index contributed by atoms with van der Waals surface area (Å²) >= 11 is 3.70. The fourth-order valence-electron chi connectivity index (χ4n) is 2.50. The molecule has 1 aliphatic rings. The van der Waals surface area contributed by atoms with E-state index in [-0.39, 0.29) is 0 Å². The van der Waals surface area contributed by atoms with Gasteiger partial charge in [0.05, 0.1) is 5.69 Å². The molecule has 1 aromatic rings. The first kappa shape index (κ1) is 13.8. The predicted octanol–water partition coefficient (Wildman–Crippen LogP) is 2.31. The minimum atomic E-state index is 0.675. The van der Waals surface area contributed by atoms with Crippen LogP contribution in [0.15, 0.2) is 22.7 Å². The number of hydrogen-bond donors (Lipinski definition) is 1. The predicted molar refractivity (Wildman–Crippen MR) is 81.2 cm³/mol. The van der Waals surface area contributed by atoms with Crippen molar-refractivity contribution in [2.45, 2.75) is 19.0 Å². The second kappa shape index (κ2) is 6.04. The van der Waals surface area contributed by atoms with Crippen molar-refractivity contribution in [3.8, 4) is 0 Å². The number of hydrogen-bond acceptors (Lipinski definition) is 3. The Balaban J connectivity index is 2.10. The summed E-state index contributed by atoms with van der Waals surface area (Å²) in [6.07, 6.45) is 1.25. The third kappa shape index (κ3) is 3.05. The van der Waals surface area contributed by atoms with Crippen molar-refractivity contribution in [3.63, 3.8) is 0 Å². The van der Waals surface area contributed by atoms with Gasteiger partial charge in [-0.2, -0.15) is 0 Å². The van der Waals surface area contributed by atoms with Crippen molar-refractivity contribution in [1.29, 1.82) is 0 Å². The van der Waals surface area contributed by atoms with E-state index < -0.39 is 0 Å². The molecule has 1 fully saturated rings. The first-order chi connectivity index (χ1) is 8.61. The molecule has 0 aromatic heterocycles. The number of halogens is 1. The van der Waals surface area contributed by atoms with Crippen molar-refractivity contribution >= 4 is 21.6 Å². The van der Waals surface area contributed by atoms with Gasteiger partial charge in [-0.15, -0.1) is 0 Å². The van der Waals surface area contributed by atoms with Gasteiger partial charge < -0.3 is 15.1 Å². The molecular weight excluding hydrogens is 290 g/mol.